The van der Waals surface area contributed by atoms with E-state index in [1.54, 1.807) is 11.3 Å². The summed E-state index contributed by atoms with van der Waals surface area (Å²) in [5.41, 5.74) is 6.60. The molecule has 0 unspecified atom stereocenters. The van der Waals surface area contributed by atoms with Crippen LogP contribution in [0.3, 0.4) is 0 Å². The van der Waals surface area contributed by atoms with Crippen LogP contribution < -0.4 is 5.73 Å². The molecule has 0 amide bonds. The largest absolute Gasteiger partial charge is 0.341 e. The van der Waals surface area contributed by atoms with Crippen molar-refractivity contribution in [2.24, 2.45) is 5.73 Å². The van der Waals surface area contributed by atoms with Crippen molar-refractivity contribution in [3.05, 3.63) is 29.5 Å². The zero-order valence-corrected chi connectivity index (χ0v) is 10.8. The number of H-pyrrole nitrogens is 1. The lowest BCUT2D eigenvalue weighted by Gasteiger charge is -1.98. The maximum atomic E-state index is 5.46. The molecule has 2 heterocycles. The van der Waals surface area contributed by atoms with Crippen molar-refractivity contribution < 1.29 is 0 Å². The second-order valence-electron chi connectivity index (χ2n) is 4.17. The number of nitrogens with zero attached hydrogens (tertiary/aromatic N) is 1. The molecule has 0 radical (unpaired) electrons. The van der Waals surface area contributed by atoms with Gasteiger partial charge in [-0.05, 0) is 30.8 Å². The van der Waals surface area contributed by atoms with Crippen LogP contribution in [0.5, 0.6) is 0 Å². The predicted octanol–water partition coefficient (Wildman–Crippen LogP) is 3.20. The molecule has 0 aliphatic rings. The molecule has 0 fully saturated rings. The number of imidazole rings is 1. The smallest absolute Gasteiger partial charge is 0.106 e. The van der Waals surface area contributed by atoms with Crippen molar-refractivity contribution >= 4 is 11.3 Å². The molecule has 0 saturated heterocycles. The molecule has 3 N–H and O–H groups in total. The van der Waals surface area contributed by atoms with E-state index in [9.17, 15) is 0 Å². The standard InChI is InChI=1S/C13H19N3S/c14-8-4-2-1-3-7-13-15-10-11(16-13)12-6-5-9-17-12/h5-6,9-10H,1-4,7-8,14H2,(H,15,16). The van der Waals surface area contributed by atoms with Crippen LogP contribution >= 0.6 is 11.3 Å². The Labute approximate surface area is 106 Å². The fraction of sp³-hybridized carbons (Fsp3) is 0.462. The van der Waals surface area contributed by atoms with Crippen molar-refractivity contribution in [2.45, 2.75) is 32.1 Å². The average Bonchev–Trinajstić information content (AvgIpc) is 2.99. The van der Waals surface area contributed by atoms with Gasteiger partial charge >= 0.3 is 0 Å². The lowest BCUT2D eigenvalue weighted by molar-refractivity contribution is 0.638. The summed E-state index contributed by atoms with van der Waals surface area (Å²) in [6.45, 7) is 0.809. The summed E-state index contributed by atoms with van der Waals surface area (Å²) in [7, 11) is 0. The van der Waals surface area contributed by atoms with Crippen molar-refractivity contribution in [1.29, 1.82) is 0 Å². The Morgan fingerprint density at radius 2 is 2.12 bits per heavy atom. The monoisotopic (exact) mass is 249 g/mol. The summed E-state index contributed by atoms with van der Waals surface area (Å²) >= 11 is 1.74. The zero-order chi connectivity index (χ0) is 11.9. The molecule has 0 saturated carbocycles. The molecule has 2 aromatic rings. The molecule has 2 rings (SSSR count). The number of nitrogens with two attached hydrogens (primary N) is 1. The first kappa shape index (κ1) is 12.3. The average molecular weight is 249 g/mol. The highest BCUT2D eigenvalue weighted by Gasteiger charge is 2.03. The van der Waals surface area contributed by atoms with Crippen LogP contribution in [0.1, 0.15) is 31.5 Å². The topological polar surface area (TPSA) is 54.7 Å². The van der Waals surface area contributed by atoms with Gasteiger partial charge in [-0.3, -0.25) is 0 Å². The number of thiophene rings is 1. The minimum Gasteiger partial charge on any atom is -0.341 e. The number of aromatic amines is 1. The molecule has 4 heteroatoms. The second-order valence-corrected chi connectivity index (χ2v) is 5.12. The molecule has 2 aromatic heterocycles. The number of rotatable bonds is 7. The van der Waals surface area contributed by atoms with Gasteiger partial charge in [-0.25, -0.2) is 4.98 Å². The summed E-state index contributed by atoms with van der Waals surface area (Å²) in [4.78, 5) is 9.05. The van der Waals surface area contributed by atoms with Gasteiger partial charge < -0.3 is 10.7 Å². The Kier molecular flexibility index (Phi) is 4.76. The number of hydrogen-bond donors (Lipinski definition) is 2. The molecule has 3 nitrogen and oxygen atoms in total. The van der Waals surface area contributed by atoms with E-state index < -0.39 is 0 Å². The fourth-order valence-electron chi connectivity index (χ4n) is 1.84. The molecular formula is C13H19N3S. The molecular weight excluding hydrogens is 230 g/mol. The Hall–Kier alpha value is -1.13. The molecule has 0 aliphatic carbocycles. The zero-order valence-electron chi connectivity index (χ0n) is 9.98. The Bertz CT molecular complexity index is 420. The first-order chi connectivity index (χ1) is 8.40. The summed E-state index contributed by atoms with van der Waals surface area (Å²) in [5.74, 6) is 1.10. The first-order valence-electron chi connectivity index (χ1n) is 6.18. The van der Waals surface area contributed by atoms with Gasteiger partial charge in [-0.15, -0.1) is 11.3 Å². The van der Waals surface area contributed by atoms with E-state index in [1.807, 2.05) is 6.20 Å². The number of aromatic nitrogens is 2. The maximum Gasteiger partial charge on any atom is 0.106 e. The molecule has 0 bridgehead atoms. The molecule has 17 heavy (non-hydrogen) atoms. The fourth-order valence-corrected chi connectivity index (χ4v) is 2.53. The van der Waals surface area contributed by atoms with Crippen LogP contribution in [-0.2, 0) is 6.42 Å². The number of unbranched alkanes of at least 4 members (excludes halogenated alkanes) is 3. The Morgan fingerprint density at radius 1 is 1.24 bits per heavy atom. The first-order valence-corrected chi connectivity index (χ1v) is 7.06. The predicted molar refractivity (Wildman–Crippen MR) is 73.1 cm³/mol. The van der Waals surface area contributed by atoms with Gasteiger partial charge in [0.15, 0.2) is 0 Å². The summed E-state index contributed by atoms with van der Waals surface area (Å²) in [5, 5.41) is 2.09. The van der Waals surface area contributed by atoms with Gasteiger partial charge in [0.1, 0.15) is 5.82 Å². The van der Waals surface area contributed by atoms with E-state index in [4.69, 9.17) is 5.73 Å². The van der Waals surface area contributed by atoms with E-state index >= 15 is 0 Å². The number of nitrogens with one attached hydrogen (secondary N) is 1. The van der Waals surface area contributed by atoms with Crippen LogP contribution in [0.4, 0.5) is 0 Å². The maximum absolute atomic E-state index is 5.46. The van der Waals surface area contributed by atoms with Crippen molar-refractivity contribution in [2.75, 3.05) is 6.54 Å². The lowest BCUT2D eigenvalue weighted by atomic mass is 10.1. The van der Waals surface area contributed by atoms with E-state index in [2.05, 4.69) is 27.5 Å². The molecule has 0 atom stereocenters. The number of aryl methyl sites for hydroxylation is 1. The molecule has 0 aliphatic heterocycles. The molecule has 92 valence electrons. The van der Waals surface area contributed by atoms with Crippen LogP contribution in [-0.4, -0.2) is 16.5 Å². The summed E-state index contributed by atoms with van der Waals surface area (Å²) in [6, 6.07) is 4.18. The van der Waals surface area contributed by atoms with Gasteiger partial charge in [0.25, 0.3) is 0 Å². The minimum absolute atomic E-state index is 0.809. The van der Waals surface area contributed by atoms with Crippen LogP contribution in [0.2, 0.25) is 0 Å². The highest BCUT2D eigenvalue weighted by molar-refractivity contribution is 7.13. The van der Waals surface area contributed by atoms with E-state index in [0.717, 1.165) is 30.9 Å². The third-order valence-electron chi connectivity index (χ3n) is 2.78. The van der Waals surface area contributed by atoms with Gasteiger partial charge in [-0.1, -0.05) is 18.9 Å². The van der Waals surface area contributed by atoms with Gasteiger partial charge in [0, 0.05) is 6.42 Å². The summed E-state index contributed by atoms with van der Waals surface area (Å²) < 4.78 is 0. The summed E-state index contributed by atoms with van der Waals surface area (Å²) in [6.07, 6.45) is 7.77. The van der Waals surface area contributed by atoms with Gasteiger partial charge in [-0.2, -0.15) is 0 Å². The highest BCUT2D eigenvalue weighted by atomic mass is 32.1. The molecule has 0 spiro atoms. The Balaban J connectivity index is 1.79. The van der Waals surface area contributed by atoms with Crippen LogP contribution in [0.25, 0.3) is 10.6 Å². The van der Waals surface area contributed by atoms with Gasteiger partial charge in [0.2, 0.25) is 0 Å². The third-order valence-corrected chi connectivity index (χ3v) is 3.69. The van der Waals surface area contributed by atoms with Crippen LogP contribution in [0, 0.1) is 0 Å². The van der Waals surface area contributed by atoms with Crippen molar-refractivity contribution in [3.63, 3.8) is 0 Å². The van der Waals surface area contributed by atoms with Crippen molar-refractivity contribution in [1.82, 2.24) is 9.97 Å². The highest BCUT2D eigenvalue weighted by Crippen LogP contribution is 2.22. The normalized spacial score (nSPS) is 10.9. The van der Waals surface area contributed by atoms with Crippen molar-refractivity contribution in [3.8, 4) is 10.6 Å². The molecule has 0 aromatic carbocycles. The van der Waals surface area contributed by atoms with Crippen LogP contribution in [0.15, 0.2) is 23.7 Å². The van der Waals surface area contributed by atoms with Gasteiger partial charge in [0.05, 0.1) is 16.8 Å². The Morgan fingerprint density at radius 3 is 2.88 bits per heavy atom. The second kappa shape index (κ2) is 6.57. The van der Waals surface area contributed by atoms with E-state index in [1.165, 1.54) is 24.1 Å². The van der Waals surface area contributed by atoms with E-state index in [0.29, 0.717) is 0 Å². The third kappa shape index (κ3) is 3.68. The lowest BCUT2D eigenvalue weighted by Crippen LogP contribution is -1.98. The minimum atomic E-state index is 0.809. The SMILES string of the molecule is NCCCCCCc1ncc(-c2cccs2)[nH]1. The van der Waals surface area contributed by atoms with E-state index in [-0.39, 0.29) is 0 Å². The number of hydrogen-bond acceptors (Lipinski definition) is 3. The quantitative estimate of drug-likeness (QED) is 0.740.